The highest BCUT2D eigenvalue weighted by molar-refractivity contribution is 7.92. The molecular formula is C28H32N4O6S2. The molecule has 0 aromatic heterocycles. The number of nitrogens with one attached hydrogen (secondary N) is 3. The van der Waals surface area contributed by atoms with Gasteiger partial charge in [0.1, 0.15) is 12.6 Å². The summed E-state index contributed by atoms with van der Waals surface area (Å²) >= 11 is 0. The third kappa shape index (κ3) is 7.26. The summed E-state index contributed by atoms with van der Waals surface area (Å²) in [6.07, 6.45) is 2.72. The fourth-order valence-electron chi connectivity index (χ4n) is 4.32. The first kappa shape index (κ1) is 29.2. The molecule has 1 saturated heterocycles. The lowest BCUT2D eigenvalue weighted by atomic mass is 10.1. The Morgan fingerprint density at radius 1 is 0.950 bits per heavy atom. The standard InChI is InChI=1S/C28H32N4O6S2/c1-2-3-7-18-29-28(34)26(19-21-10-14-24(15-11-21)32-20-27(33)31-40(32,37)38)30-39(35,36)25-16-12-23(13-17-25)22-8-5-4-6-9-22/h4-6,8-17,26,30H,2-3,7,18-20H2,1H3,(H,29,34)(H,31,33)/t26-/m0/s1. The van der Waals surface area contributed by atoms with Gasteiger partial charge in [0.2, 0.25) is 15.9 Å². The lowest BCUT2D eigenvalue weighted by Gasteiger charge is -2.20. The molecule has 0 saturated carbocycles. The molecule has 1 fully saturated rings. The second-order valence-corrected chi connectivity index (χ2v) is 12.8. The average Bonchev–Trinajstić information content (AvgIpc) is 3.23. The number of hydrogen-bond donors (Lipinski definition) is 3. The molecule has 1 aliphatic heterocycles. The monoisotopic (exact) mass is 584 g/mol. The van der Waals surface area contributed by atoms with Gasteiger partial charge in [-0.2, -0.15) is 13.1 Å². The van der Waals surface area contributed by atoms with Crippen LogP contribution in [0.4, 0.5) is 5.69 Å². The van der Waals surface area contributed by atoms with E-state index in [2.05, 4.69) is 10.0 Å². The van der Waals surface area contributed by atoms with Gasteiger partial charge in [-0.05, 0) is 53.8 Å². The molecule has 3 aromatic rings. The van der Waals surface area contributed by atoms with E-state index in [-0.39, 0.29) is 23.5 Å². The fraction of sp³-hybridized carbons (Fsp3) is 0.286. The van der Waals surface area contributed by atoms with Crippen LogP contribution < -0.4 is 19.1 Å². The maximum atomic E-state index is 13.3. The first-order valence-electron chi connectivity index (χ1n) is 13.0. The van der Waals surface area contributed by atoms with Crippen molar-refractivity contribution in [1.29, 1.82) is 0 Å². The summed E-state index contributed by atoms with van der Waals surface area (Å²) in [5.41, 5.74) is 2.70. The van der Waals surface area contributed by atoms with Crippen molar-refractivity contribution < 1.29 is 26.4 Å². The molecule has 0 bridgehead atoms. The minimum Gasteiger partial charge on any atom is -0.355 e. The van der Waals surface area contributed by atoms with Crippen molar-refractivity contribution in [1.82, 2.24) is 14.8 Å². The Balaban J connectivity index is 1.52. The number of carbonyl (C=O) groups is 2. The number of anilines is 1. The molecule has 2 amide bonds. The molecule has 1 aliphatic rings. The Morgan fingerprint density at radius 2 is 1.60 bits per heavy atom. The predicted molar refractivity (Wildman–Crippen MR) is 153 cm³/mol. The summed E-state index contributed by atoms with van der Waals surface area (Å²) in [5.74, 6) is -1.09. The zero-order valence-electron chi connectivity index (χ0n) is 22.0. The summed E-state index contributed by atoms with van der Waals surface area (Å²) in [4.78, 5) is 24.7. The summed E-state index contributed by atoms with van der Waals surface area (Å²) < 4.78 is 56.2. The number of nitrogens with zero attached hydrogens (tertiary/aromatic N) is 1. The van der Waals surface area contributed by atoms with Crippen LogP contribution in [0.1, 0.15) is 31.7 Å². The fourth-order valence-corrected chi connectivity index (χ4v) is 6.67. The maximum absolute atomic E-state index is 13.3. The van der Waals surface area contributed by atoms with Crippen molar-refractivity contribution >= 4 is 37.7 Å². The number of rotatable bonds is 12. The van der Waals surface area contributed by atoms with Gasteiger partial charge in [-0.3, -0.25) is 9.59 Å². The minimum absolute atomic E-state index is 0.0303. The average molecular weight is 585 g/mol. The van der Waals surface area contributed by atoms with E-state index in [1.165, 1.54) is 24.3 Å². The highest BCUT2D eigenvalue weighted by Crippen LogP contribution is 2.23. The second-order valence-electron chi connectivity index (χ2n) is 9.47. The first-order chi connectivity index (χ1) is 19.1. The number of benzene rings is 3. The van der Waals surface area contributed by atoms with Crippen molar-refractivity contribution in [3.63, 3.8) is 0 Å². The zero-order valence-corrected chi connectivity index (χ0v) is 23.7. The largest absolute Gasteiger partial charge is 0.355 e. The van der Waals surface area contributed by atoms with Gasteiger partial charge >= 0.3 is 10.2 Å². The SMILES string of the molecule is CCCCCNC(=O)[C@H](Cc1ccc(N2CC(=O)NS2(=O)=O)cc1)NS(=O)(=O)c1ccc(-c2ccccc2)cc1. The molecular weight excluding hydrogens is 552 g/mol. The van der Waals surface area contributed by atoms with Crippen molar-refractivity contribution in [2.24, 2.45) is 0 Å². The van der Waals surface area contributed by atoms with Gasteiger partial charge in [0.25, 0.3) is 5.91 Å². The highest BCUT2D eigenvalue weighted by atomic mass is 32.2. The molecule has 4 rings (SSSR count). The molecule has 0 radical (unpaired) electrons. The minimum atomic E-state index is -4.05. The lowest BCUT2D eigenvalue weighted by molar-refractivity contribution is -0.122. The van der Waals surface area contributed by atoms with Crippen LogP contribution in [-0.4, -0.2) is 47.8 Å². The molecule has 1 atom stereocenters. The Bertz CT molecular complexity index is 1540. The summed E-state index contributed by atoms with van der Waals surface area (Å²) in [7, 11) is -8.00. The van der Waals surface area contributed by atoms with E-state index < -0.39 is 38.1 Å². The van der Waals surface area contributed by atoms with Crippen molar-refractivity contribution in [3.8, 4) is 11.1 Å². The van der Waals surface area contributed by atoms with Crippen LogP contribution >= 0.6 is 0 Å². The third-order valence-electron chi connectivity index (χ3n) is 6.45. The lowest BCUT2D eigenvalue weighted by Crippen LogP contribution is -2.48. The van der Waals surface area contributed by atoms with Crippen LogP contribution in [0.3, 0.4) is 0 Å². The van der Waals surface area contributed by atoms with Gasteiger partial charge in [0.15, 0.2) is 0 Å². The molecule has 3 aromatic carbocycles. The van der Waals surface area contributed by atoms with E-state index in [0.29, 0.717) is 12.1 Å². The van der Waals surface area contributed by atoms with Crippen LogP contribution in [0, 0.1) is 0 Å². The van der Waals surface area contributed by atoms with Crippen molar-refractivity contribution in [2.45, 2.75) is 43.5 Å². The van der Waals surface area contributed by atoms with Crippen LogP contribution in [0.5, 0.6) is 0 Å². The molecule has 40 heavy (non-hydrogen) atoms. The number of hydrogen-bond acceptors (Lipinski definition) is 6. The van der Waals surface area contributed by atoms with Gasteiger partial charge in [0.05, 0.1) is 10.6 Å². The van der Waals surface area contributed by atoms with Crippen molar-refractivity contribution in [2.75, 3.05) is 17.4 Å². The molecule has 1 heterocycles. The molecule has 12 heteroatoms. The van der Waals surface area contributed by atoms with Crippen molar-refractivity contribution in [3.05, 3.63) is 84.4 Å². The quantitative estimate of drug-likeness (QED) is 0.280. The molecule has 3 N–H and O–H groups in total. The van der Waals surface area contributed by atoms with Crippen LogP contribution in [0.2, 0.25) is 0 Å². The van der Waals surface area contributed by atoms with Crippen LogP contribution in [0.25, 0.3) is 11.1 Å². The molecule has 0 unspecified atom stereocenters. The first-order valence-corrected chi connectivity index (χ1v) is 15.9. The van der Waals surface area contributed by atoms with E-state index >= 15 is 0 Å². The Morgan fingerprint density at radius 3 is 2.20 bits per heavy atom. The molecule has 0 spiro atoms. The molecule has 10 nitrogen and oxygen atoms in total. The zero-order chi connectivity index (χ0) is 28.8. The number of unbranched alkanes of at least 4 members (excludes halogenated alkanes) is 2. The Hall–Kier alpha value is -3.74. The number of sulfonamides is 1. The van der Waals surface area contributed by atoms with E-state index in [1.807, 2.05) is 42.0 Å². The Kier molecular flexibility index (Phi) is 9.23. The normalized spacial score (nSPS) is 15.4. The van der Waals surface area contributed by atoms with Gasteiger partial charge < -0.3 is 5.32 Å². The summed E-state index contributed by atoms with van der Waals surface area (Å²) in [5, 5.41) is 2.82. The highest BCUT2D eigenvalue weighted by Gasteiger charge is 2.34. The van der Waals surface area contributed by atoms with Gasteiger partial charge in [-0.1, -0.05) is 74.4 Å². The number of carbonyl (C=O) groups excluding carboxylic acids is 2. The molecule has 0 aliphatic carbocycles. The summed E-state index contributed by atoms with van der Waals surface area (Å²) in [6, 6.07) is 21.1. The van der Waals surface area contributed by atoms with E-state index in [0.717, 1.165) is 34.7 Å². The van der Waals surface area contributed by atoms with Crippen LogP contribution in [-0.2, 0) is 36.2 Å². The summed E-state index contributed by atoms with van der Waals surface area (Å²) in [6.45, 7) is 2.14. The molecule has 212 valence electrons. The smallest absolute Gasteiger partial charge is 0.326 e. The van der Waals surface area contributed by atoms with Gasteiger partial charge in [-0.15, -0.1) is 0 Å². The topological polar surface area (TPSA) is 142 Å². The Labute approximate surface area is 235 Å². The maximum Gasteiger partial charge on any atom is 0.326 e. The van der Waals surface area contributed by atoms with Crippen LogP contribution in [0.15, 0.2) is 83.8 Å². The number of amides is 2. The van der Waals surface area contributed by atoms with Gasteiger partial charge in [-0.25, -0.2) is 17.4 Å². The van der Waals surface area contributed by atoms with E-state index in [9.17, 15) is 26.4 Å². The second kappa shape index (κ2) is 12.6. The predicted octanol–water partition coefficient (Wildman–Crippen LogP) is 2.73. The third-order valence-corrected chi connectivity index (χ3v) is 9.34. The van der Waals surface area contributed by atoms with E-state index in [1.54, 1.807) is 24.3 Å². The van der Waals surface area contributed by atoms with Gasteiger partial charge in [0, 0.05) is 6.54 Å². The van der Waals surface area contributed by atoms with E-state index in [4.69, 9.17) is 0 Å².